The molecule has 0 saturated carbocycles. The number of aliphatic carboxylic acids is 1. The van der Waals surface area contributed by atoms with Gasteiger partial charge in [-0.05, 0) is 61.4 Å². The zero-order valence-electron chi connectivity index (χ0n) is 18.6. The topological polar surface area (TPSA) is 110 Å². The number of allylic oxidation sites excluding steroid dienone is 1. The Bertz CT molecular complexity index is 1130. The number of halogens is 1. The molecule has 0 aliphatic rings. The second kappa shape index (κ2) is 11.8. The van der Waals surface area contributed by atoms with E-state index in [1.807, 2.05) is 13.8 Å². The van der Waals surface area contributed by atoms with Crippen molar-refractivity contribution >= 4 is 39.5 Å². The number of nitrogens with zero attached hydrogens (tertiary/aromatic N) is 1. The maximum absolute atomic E-state index is 12.5. The predicted octanol–water partition coefficient (Wildman–Crippen LogP) is 4.13. The molecule has 0 fully saturated rings. The number of ether oxygens (including phenoxy) is 2. The Labute approximate surface area is 198 Å². The van der Waals surface area contributed by atoms with Crippen molar-refractivity contribution in [2.45, 2.75) is 25.2 Å². The Kier molecular flexibility index (Phi) is 9.45. The number of sulfonamides is 1. The van der Waals surface area contributed by atoms with Crippen LogP contribution in [0.2, 0.25) is 5.02 Å². The third-order valence-electron chi connectivity index (χ3n) is 4.41. The Hall–Kier alpha value is -2.88. The summed E-state index contributed by atoms with van der Waals surface area (Å²) in [5.74, 6) is -0.687. The van der Waals surface area contributed by atoms with Gasteiger partial charge < -0.3 is 14.6 Å². The molecule has 0 unspecified atom stereocenters. The van der Waals surface area contributed by atoms with Crippen LogP contribution in [0.15, 0.2) is 47.4 Å². The number of carboxylic acid groups (broad SMARTS) is 1. The molecule has 10 heteroatoms. The molecule has 0 aliphatic heterocycles. The maximum atomic E-state index is 12.5. The van der Waals surface area contributed by atoms with Gasteiger partial charge in [-0.15, -0.1) is 0 Å². The first kappa shape index (κ1) is 26.4. The second-order valence-electron chi connectivity index (χ2n) is 6.99. The minimum absolute atomic E-state index is 0.109. The van der Waals surface area contributed by atoms with E-state index >= 15 is 0 Å². The Morgan fingerprint density at radius 2 is 1.79 bits per heavy atom. The maximum Gasteiger partial charge on any atom is 0.318 e. The molecule has 0 radical (unpaired) electrons. The molecule has 1 N–H and O–H groups in total. The molecular formula is C23H26ClNO7S. The summed E-state index contributed by atoms with van der Waals surface area (Å²) < 4.78 is 36.8. The van der Waals surface area contributed by atoms with Crippen LogP contribution < -0.4 is 9.47 Å². The minimum Gasteiger partial charge on any atom is -0.490 e. The Morgan fingerprint density at radius 3 is 2.36 bits per heavy atom. The van der Waals surface area contributed by atoms with Gasteiger partial charge in [0.1, 0.15) is 6.54 Å². The van der Waals surface area contributed by atoms with Crippen molar-refractivity contribution in [3.8, 4) is 11.5 Å². The van der Waals surface area contributed by atoms with Gasteiger partial charge >= 0.3 is 5.97 Å². The van der Waals surface area contributed by atoms with Gasteiger partial charge in [0.25, 0.3) is 0 Å². The van der Waals surface area contributed by atoms with E-state index in [0.717, 1.165) is 10.7 Å². The summed E-state index contributed by atoms with van der Waals surface area (Å²) in [7, 11) is -2.80. The molecule has 0 aromatic heterocycles. The molecule has 2 aromatic rings. The summed E-state index contributed by atoms with van der Waals surface area (Å²) >= 11 is 6.33. The number of hydrogen-bond acceptors (Lipinski definition) is 6. The van der Waals surface area contributed by atoms with E-state index < -0.39 is 22.5 Å². The second-order valence-corrected chi connectivity index (χ2v) is 9.44. The van der Waals surface area contributed by atoms with Gasteiger partial charge in [-0.25, -0.2) is 8.42 Å². The lowest BCUT2D eigenvalue weighted by Crippen LogP contribution is -2.32. The lowest BCUT2D eigenvalue weighted by molar-refractivity contribution is -0.137. The number of carboxylic acids is 1. The van der Waals surface area contributed by atoms with E-state index in [4.69, 9.17) is 26.2 Å². The summed E-state index contributed by atoms with van der Waals surface area (Å²) in [6.45, 7) is 4.06. The molecule has 0 heterocycles. The number of rotatable bonds is 12. The van der Waals surface area contributed by atoms with Crippen molar-refractivity contribution in [1.82, 2.24) is 4.31 Å². The molecule has 0 bridgehead atoms. The first-order valence-corrected chi connectivity index (χ1v) is 12.0. The molecule has 0 amide bonds. The molecule has 0 atom stereocenters. The number of benzene rings is 2. The quantitative estimate of drug-likeness (QED) is 0.348. The molecule has 33 heavy (non-hydrogen) atoms. The van der Waals surface area contributed by atoms with Gasteiger partial charge in [-0.3, -0.25) is 9.59 Å². The van der Waals surface area contributed by atoms with Crippen LogP contribution in [0.1, 0.15) is 36.2 Å². The molecular weight excluding hydrogens is 470 g/mol. The van der Waals surface area contributed by atoms with E-state index in [1.54, 1.807) is 18.2 Å². The smallest absolute Gasteiger partial charge is 0.318 e. The van der Waals surface area contributed by atoms with E-state index in [-0.39, 0.29) is 16.2 Å². The standard InChI is InChI=1S/C23H26ClNO7S/c1-4-12-32-23-19(24)13-16(14-21(23)31-5-2)6-11-20(26)17-7-9-18(10-8-17)33(29,30)25(3)15-22(27)28/h6-11,13-14H,4-5,12,15H2,1-3H3,(H,27,28)/b11-6+. The number of carbonyl (C=O) groups is 2. The number of hydrogen-bond donors (Lipinski definition) is 1. The third kappa shape index (κ3) is 7.05. The number of carbonyl (C=O) groups excluding carboxylic acids is 1. The van der Waals surface area contributed by atoms with Gasteiger partial charge in [0.05, 0.1) is 23.1 Å². The fourth-order valence-corrected chi connectivity index (χ4v) is 4.20. The average molecular weight is 496 g/mol. The van der Waals surface area contributed by atoms with Crippen LogP contribution in [0.3, 0.4) is 0 Å². The fraction of sp³-hybridized carbons (Fsp3) is 0.304. The van der Waals surface area contributed by atoms with Crippen molar-refractivity contribution in [2.24, 2.45) is 0 Å². The van der Waals surface area contributed by atoms with Crippen LogP contribution in [0.25, 0.3) is 6.08 Å². The van der Waals surface area contributed by atoms with Crippen molar-refractivity contribution in [1.29, 1.82) is 0 Å². The molecule has 0 spiro atoms. The lowest BCUT2D eigenvalue weighted by atomic mass is 10.1. The van der Waals surface area contributed by atoms with E-state index in [1.165, 1.54) is 37.4 Å². The van der Waals surface area contributed by atoms with Crippen LogP contribution in [0.5, 0.6) is 11.5 Å². The normalized spacial score (nSPS) is 11.7. The number of ketones is 1. The van der Waals surface area contributed by atoms with E-state index in [9.17, 15) is 18.0 Å². The molecule has 178 valence electrons. The van der Waals surface area contributed by atoms with E-state index in [0.29, 0.717) is 35.3 Å². The summed E-state index contributed by atoms with van der Waals surface area (Å²) in [6.07, 6.45) is 3.73. The van der Waals surface area contributed by atoms with Gasteiger partial charge in [-0.1, -0.05) is 24.6 Å². The van der Waals surface area contributed by atoms with E-state index in [2.05, 4.69) is 0 Å². The van der Waals surface area contributed by atoms with Crippen molar-refractivity contribution < 1.29 is 32.6 Å². The highest BCUT2D eigenvalue weighted by Gasteiger charge is 2.22. The zero-order chi connectivity index (χ0) is 24.6. The highest BCUT2D eigenvalue weighted by molar-refractivity contribution is 7.89. The SMILES string of the molecule is CCCOc1c(Cl)cc(/C=C/C(=O)c2ccc(S(=O)(=O)N(C)CC(=O)O)cc2)cc1OCC. The highest BCUT2D eigenvalue weighted by Crippen LogP contribution is 2.37. The number of likely N-dealkylation sites (N-methyl/N-ethyl adjacent to an activating group) is 1. The first-order valence-electron chi connectivity index (χ1n) is 10.2. The largest absolute Gasteiger partial charge is 0.490 e. The Balaban J connectivity index is 2.21. The zero-order valence-corrected chi connectivity index (χ0v) is 20.1. The van der Waals surface area contributed by atoms with Crippen molar-refractivity contribution in [3.63, 3.8) is 0 Å². The summed E-state index contributed by atoms with van der Waals surface area (Å²) in [5, 5.41) is 9.16. The molecule has 2 rings (SSSR count). The molecule has 2 aromatic carbocycles. The summed E-state index contributed by atoms with van der Waals surface area (Å²) in [5.41, 5.74) is 0.903. The highest BCUT2D eigenvalue weighted by atomic mass is 35.5. The summed E-state index contributed by atoms with van der Waals surface area (Å²) in [4.78, 5) is 23.2. The monoisotopic (exact) mass is 495 g/mol. The molecule has 8 nitrogen and oxygen atoms in total. The van der Waals surface area contributed by atoms with Gasteiger partial charge in [0.2, 0.25) is 10.0 Å². The third-order valence-corrected chi connectivity index (χ3v) is 6.51. The fourth-order valence-electron chi connectivity index (χ4n) is 2.81. The van der Waals surface area contributed by atoms with Crippen molar-refractivity contribution in [3.05, 3.63) is 58.6 Å². The minimum atomic E-state index is -3.97. The predicted molar refractivity (Wildman–Crippen MR) is 126 cm³/mol. The van der Waals surface area contributed by atoms with Gasteiger partial charge in [0, 0.05) is 12.6 Å². The average Bonchev–Trinajstić information content (AvgIpc) is 2.76. The molecule has 0 aliphatic carbocycles. The summed E-state index contributed by atoms with van der Waals surface area (Å²) in [6, 6.07) is 8.64. The van der Waals surface area contributed by atoms with Crippen LogP contribution in [0.4, 0.5) is 0 Å². The van der Waals surface area contributed by atoms with Crippen LogP contribution >= 0.6 is 11.6 Å². The van der Waals surface area contributed by atoms with Crippen LogP contribution in [-0.4, -0.2) is 56.4 Å². The lowest BCUT2D eigenvalue weighted by Gasteiger charge is -2.14. The Morgan fingerprint density at radius 1 is 1.12 bits per heavy atom. The first-order chi connectivity index (χ1) is 15.6. The van der Waals surface area contributed by atoms with Crippen LogP contribution in [0, 0.1) is 0 Å². The van der Waals surface area contributed by atoms with Crippen LogP contribution in [-0.2, 0) is 14.8 Å². The van der Waals surface area contributed by atoms with Gasteiger partial charge in [0.15, 0.2) is 17.3 Å². The molecule has 0 saturated heterocycles. The van der Waals surface area contributed by atoms with Crippen molar-refractivity contribution in [2.75, 3.05) is 26.8 Å². The van der Waals surface area contributed by atoms with Gasteiger partial charge in [-0.2, -0.15) is 4.31 Å².